The zero-order valence-electron chi connectivity index (χ0n) is 17.1. The highest BCUT2D eigenvalue weighted by Crippen LogP contribution is 2.38. The van der Waals surface area contributed by atoms with Crippen molar-refractivity contribution in [2.45, 2.75) is 13.5 Å². The first-order valence-corrected chi connectivity index (χ1v) is 11.3. The van der Waals surface area contributed by atoms with Crippen LogP contribution in [0.2, 0.25) is 0 Å². The molecule has 2 aromatic carbocycles. The monoisotopic (exact) mass is 455 g/mol. The van der Waals surface area contributed by atoms with Gasteiger partial charge in [-0.2, -0.15) is 0 Å². The summed E-state index contributed by atoms with van der Waals surface area (Å²) < 4.78 is 13.0. The fourth-order valence-electron chi connectivity index (χ4n) is 3.09. The maximum absolute atomic E-state index is 12.2. The normalized spacial score (nSPS) is 10.9. The molecule has 0 radical (unpaired) electrons. The lowest BCUT2D eigenvalue weighted by Crippen LogP contribution is -2.38. The van der Waals surface area contributed by atoms with Crippen molar-refractivity contribution in [1.29, 1.82) is 0 Å². The highest BCUT2D eigenvalue weighted by molar-refractivity contribution is 7.21. The number of carbonyl (C=O) groups excluding carboxylic acids is 2. The molecule has 0 fully saturated rings. The van der Waals surface area contributed by atoms with Crippen molar-refractivity contribution in [2.75, 3.05) is 20.3 Å². The second-order valence-corrected chi connectivity index (χ2v) is 8.96. The molecule has 2 N–H and O–H groups in total. The molecule has 0 spiro atoms. The van der Waals surface area contributed by atoms with Gasteiger partial charge in [0.15, 0.2) is 6.61 Å². The van der Waals surface area contributed by atoms with Gasteiger partial charge in [-0.3, -0.25) is 9.59 Å². The Bertz CT molecular complexity index is 1230. The fourth-order valence-corrected chi connectivity index (χ4v) is 4.92. The molecule has 0 aliphatic heterocycles. The third-order valence-electron chi connectivity index (χ3n) is 4.62. The van der Waals surface area contributed by atoms with Crippen LogP contribution >= 0.6 is 22.7 Å². The molecule has 0 saturated heterocycles. The van der Waals surface area contributed by atoms with Crippen LogP contribution in [-0.4, -0.2) is 37.1 Å². The average Bonchev–Trinajstić information content (AvgIpc) is 3.40. The average molecular weight is 456 g/mol. The smallest absolute Gasteiger partial charge is 0.258 e. The zero-order valence-corrected chi connectivity index (χ0v) is 18.7. The number of aryl methyl sites for hydroxylation is 1. The van der Waals surface area contributed by atoms with Gasteiger partial charge in [-0.1, -0.05) is 12.1 Å². The molecule has 4 rings (SSSR count). The number of hydrogen-bond acceptors (Lipinski definition) is 7. The lowest BCUT2D eigenvalue weighted by Gasteiger charge is -2.10. The van der Waals surface area contributed by atoms with Crippen LogP contribution in [0.25, 0.3) is 20.3 Å². The number of carbonyl (C=O) groups is 2. The zero-order chi connectivity index (χ0) is 21.8. The summed E-state index contributed by atoms with van der Waals surface area (Å²) in [6.45, 7) is 2.07. The predicted octanol–water partition coefficient (Wildman–Crippen LogP) is 3.64. The van der Waals surface area contributed by atoms with E-state index in [9.17, 15) is 9.59 Å². The molecule has 0 aliphatic rings. The maximum Gasteiger partial charge on any atom is 0.258 e. The Balaban J connectivity index is 1.28. The number of rotatable bonds is 8. The van der Waals surface area contributed by atoms with Crippen molar-refractivity contribution in [3.8, 4) is 11.5 Å². The van der Waals surface area contributed by atoms with Crippen LogP contribution in [0.3, 0.4) is 0 Å². The largest absolute Gasteiger partial charge is 0.497 e. The standard InChI is InChI=1S/C22H21N3O4S2/c1-13-25-21-18(31-13)9-17(16-7-8-30-22(16)21)29-12-20(27)24-11-19(26)23-10-14-3-5-15(28-2)6-4-14/h3-9H,10-12H2,1-2H3,(H,23,26)(H,24,27). The quantitative estimate of drug-likeness (QED) is 0.423. The maximum atomic E-state index is 12.2. The Morgan fingerprint density at radius 3 is 2.68 bits per heavy atom. The number of thiazole rings is 1. The number of amides is 2. The minimum Gasteiger partial charge on any atom is -0.497 e. The summed E-state index contributed by atoms with van der Waals surface area (Å²) in [4.78, 5) is 28.8. The molecule has 7 nitrogen and oxygen atoms in total. The van der Waals surface area contributed by atoms with Gasteiger partial charge in [-0.05, 0) is 36.1 Å². The number of methoxy groups -OCH3 is 1. The topological polar surface area (TPSA) is 89.6 Å². The van der Waals surface area contributed by atoms with Crippen LogP contribution in [0.15, 0.2) is 41.8 Å². The van der Waals surface area contributed by atoms with Crippen molar-refractivity contribution in [3.05, 3.63) is 52.3 Å². The lowest BCUT2D eigenvalue weighted by atomic mass is 10.2. The Kier molecular flexibility index (Phi) is 6.34. The van der Waals surface area contributed by atoms with Crippen molar-refractivity contribution >= 4 is 54.8 Å². The number of benzene rings is 2. The van der Waals surface area contributed by atoms with E-state index in [-0.39, 0.29) is 25.0 Å². The minimum atomic E-state index is -0.358. The first-order valence-electron chi connectivity index (χ1n) is 9.60. The number of nitrogens with zero attached hydrogens (tertiary/aromatic N) is 1. The Morgan fingerprint density at radius 2 is 1.90 bits per heavy atom. The second-order valence-electron chi connectivity index (χ2n) is 6.81. The summed E-state index contributed by atoms with van der Waals surface area (Å²) in [5.41, 5.74) is 1.91. The van der Waals surface area contributed by atoms with Gasteiger partial charge in [0.05, 0.1) is 33.6 Å². The van der Waals surface area contributed by atoms with Crippen LogP contribution in [0.5, 0.6) is 11.5 Å². The van der Waals surface area contributed by atoms with E-state index in [1.54, 1.807) is 29.8 Å². The molecule has 160 valence electrons. The number of aromatic nitrogens is 1. The van der Waals surface area contributed by atoms with Gasteiger partial charge < -0.3 is 20.1 Å². The molecule has 2 amide bonds. The lowest BCUT2D eigenvalue weighted by molar-refractivity contribution is -0.127. The summed E-state index contributed by atoms with van der Waals surface area (Å²) in [5, 5.41) is 9.27. The summed E-state index contributed by atoms with van der Waals surface area (Å²) in [5.74, 6) is 0.771. The molecule has 0 atom stereocenters. The Hall–Kier alpha value is -3.17. The van der Waals surface area contributed by atoms with Crippen LogP contribution in [0.1, 0.15) is 10.6 Å². The van der Waals surface area contributed by atoms with Crippen LogP contribution in [0.4, 0.5) is 0 Å². The number of hydrogen-bond donors (Lipinski definition) is 2. The molecule has 4 aromatic rings. The molecule has 0 saturated carbocycles. The third-order valence-corrected chi connectivity index (χ3v) is 6.46. The number of thiophene rings is 1. The van der Waals surface area contributed by atoms with Gasteiger partial charge in [-0.25, -0.2) is 4.98 Å². The highest BCUT2D eigenvalue weighted by Gasteiger charge is 2.14. The van der Waals surface area contributed by atoms with E-state index in [1.807, 2.05) is 48.7 Å². The van der Waals surface area contributed by atoms with E-state index < -0.39 is 0 Å². The van der Waals surface area contributed by atoms with E-state index in [0.717, 1.165) is 36.6 Å². The van der Waals surface area contributed by atoms with Gasteiger partial charge in [0.2, 0.25) is 5.91 Å². The van der Waals surface area contributed by atoms with Crippen LogP contribution in [-0.2, 0) is 16.1 Å². The molecular weight excluding hydrogens is 434 g/mol. The first-order chi connectivity index (χ1) is 15.0. The van der Waals surface area contributed by atoms with Crippen molar-refractivity contribution in [2.24, 2.45) is 0 Å². The van der Waals surface area contributed by atoms with Gasteiger partial charge in [-0.15, -0.1) is 22.7 Å². The molecule has 31 heavy (non-hydrogen) atoms. The van der Waals surface area contributed by atoms with Crippen molar-refractivity contribution in [3.63, 3.8) is 0 Å². The van der Waals surface area contributed by atoms with E-state index >= 15 is 0 Å². The molecule has 9 heteroatoms. The van der Waals surface area contributed by atoms with E-state index in [1.165, 1.54) is 0 Å². The SMILES string of the molecule is COc1ccc(CNC(=O)CNC(=O)COc2cc3sc(C)nc3c3sccc23)cc1. The summed E-state index contributed by atoms with van der Waals surface area (Å²) in [6.07, 6.45) is 0. The first kappa shape index (κ1) is 21.1. The van der Waals surface area contributed by atoms with Gasteiger partial charge >= 0.3 is 0 Å². The molecule has 2 aromatic heterocycles. The Morgan fingerprint density at radius 1 is 1.10 bits per heavy atom. The number of fused-ring (bicyclic) bond motifs is 3. The van der Waals surface area contributed by atoms with Crippen LogP contribution in [0, 0.1) is 6.92 Å². The highest BCUT2D eigenvalue weighted by atomic mass is 32.1. The summed E-state index contributed by atoms with van der Waals surface area (Å²) in [6, 6.07) is 11.3. The number of nitrogens with one attached hydrogen (secondary N) is 2. The third kappa shape index (κ3) is 4.95. The Labute approximate surface area is 187 Å². The van der Waals surface area contributed by atoms with Gasteiger partial charge in [0.25, 0.3) is 5.91 Å². The van der Waals surface area contributed by atoms with Crippen LogP contribution < -0.4 is 20.1 Å². The minimum absolute atomic E-state index is 0.112. The second kappa shape index (κ2) is 9.32. The number of ether oxygens (including phenoxy) is 2. The summed E-state index contributed by atoms with van der Waals surface area (Å²) >= 11 is 3.20. The molecule has 0 unspecified atom stereocenters. The van der Waals surface area contributed by atoms with E-state index in [4.69, 9.17) is 9.47 Å². The molecule has 0 bridgehead atoms. The molecule has 2 heterocycles. The molecular formula is C22H21N3O4S2. The van der Waals surface area contributed by atoms with Gasteiger partial charge in [0.1, 0.15) is 11.5 Å². The fraction of sp³-hybridized carbons (Fsp3) is 0.227. The van der Waals surface area contributed by atoms with Crippen molar-refractivity contribution in [1.82, 2.24) is 15.6 Å². The van der Waals surface area contributed by atoms with Crippen molar-refractivity contribution < 1.29 is 19.1 Å². The van der Waals surface area contributed by atoms with E-state index in [2.05, 4.69) is 15.6 Å². The van der Waals surface area contributed by atoms with E-state index in [0.29, 0.717) is 12.3 Å². The molecule has 0 aliphatic carbocycles. The predicted molar refractivity (Wildman–Crippen MR) is 123 cm³/mol. The summed E-state index contributed by atoms with van der Waals surface area (Å²) in [7, 11) is 1.60. The van der Waals surface area contributed by atoms with Gasteiger partial charge in [0, 0.05) is 18.0 Å².